The number of carbonyl (C=O) groups is 1. The Kier molecular flexibility index (Phi) is 7.62. The second-order valence-corrected chi connectivity index (χ2v) is 8.70. The van der Waals surface area contributed by atoms with Crippen LogP contribution in [0.2, 0.25) is 0 Å². The van der Waals surface area contributed by atoms with Gasteiger partial charge in [-0.25, -0.2) is 0 Å². The van der Waals surface area contributed by atoms with Crippen molar-refractivity contribution in [2.45, 2.75) is 26.7 Å². The lowest BCUT2D eigenvalue weighted by Gasteiger charge is -2.31. The number of amides is 1. The van der Waals surface area contributed by atoms with Gasteiger partial charge in [-0.1, -0.05) is 18.2 Å². The van der Waals surface area contributed by atoms with Gasteiger partial charge in [0.1, 0.15) is 18.1 Å². The Morgan fingerprint density at radius 1 is 1.03 bits per heavy atom. The van der Waals surface area contributed by atoms with Gasteiger partial charge < -0.3 is 19.7 Å². The van der Waals surface area contributed by atoms with E-state index < -0.39 is 0 Å². The monoisotopic (exact) mass is 460 g/mol. The zero-order chi connectivity index (χ0) is 23.9. The summed E-state index contributed by atoms with van der Waals surface area (Å²) in [5.41, 5.74) is 4.04. The number of hydrogen-bond acceptors (Lipinski definition) is 6. The fourth-order valence-electron chi connectivity index (χ4n) is 4.37. The quantitative estimate of drug-likeness (QED) is 0.508. The number of ether oxygens (including phenoxy) is 2. The summed E-state index contributed by atoms with van der Waals surface area (Å²) in [6.07, 6.45) is 1.58. The molecule has 3 aromatic rings. The minimum atomic E-state index is 0.0123. The third kappa shape index (κ3) is 5.84. The lowest BCUT2D eigenvalue weighted by Crippen LogP contribution is -2.41. The summed E-state index contributed by atoms with van der Waals surface area (Å²) in [7, 11) is 1.65. The molecule has 0 saturated carbocycles. The van der Waals surface area contributed by atoms with Crippen molar-refractivity contribution >= 4 is 11.7 Å². The second kappa shape index (κ2) is 11.0. The highest BCUT2D eigenvalue weighted by molar-refractivity contribution is 5.79. The SMILES string of the molecule is COc1ccccc1-c1ccc(N2CCC(C(=O)NCCOc3cc(C)cc(C)c3)CC2)nn1. The third-order valence-corrected chi connectivity index (χ3v) is 6.09. The molecule has 2 heterocycles. The molecule has 7 heteroatoms. The molecule has 0 unspecified atom stereocenters. The maximum absolute atomic E-state index is 12.6. The predicted molar refractivity (Wildman–Crippen MR) is 133 cm³/mol. The van der Waals surface area contributed by atoms with Crippen molar-refractivity contribution in [1.82, 2.24) is 15.5 Å². The van der Waals surface area contributed by atoms with Crippen molar-refractivity contribution in [1.29, 1.82) is 0 Å². The van der Waals surface area contributed by atoms with Crippen molar-refractivity contribution in [2.24, 2.45) is 5.92 Å². The molecule has 1 N–H and O–H groups in total. The fraction of sp³-hybridized carbons (Fsp3) is 0.370. The number of rotatable bonds is 8. The molecule has 1 aromatic heterocycles. The zero-order valence-electron chi connectivity index (χ0n) is 20.1. The summed E-state index contributed by atoms with van der Waals surface area (Å²) < 4.78 is 11.2. The molecular formula is C27H32N4O3. The number of methoxy groups -OCH3 is 1. The average Bonchev–Trinajstić information content (AvgIpc) is 2.86. The topological polar surface area (TPSA) is 76.6 Å². The Morgan fingerprint density at radius 3 is 2.44 bits per heavy atom. The molecule has 2 aromatic carbocycles. The van der Waals surface area contributed by atoms with Crippen LogP contribution in [0.4, 0.5) is 5.82 Å². The number of carbonyl (C=O) groups excluding carboxylic acids is 1. The van der Waals surface area contributed by atoms with E-state index in [9.17, 15) is 4.79 Å². The number of hydrogen-bond donors (Lipinski definition) is 1. The van der Waals surface area contributed by atoms with E-state index >= 15 is 0 Å². The number of nitrogens with zero attached hydrogens (tertiary/aromatic N) is 3. The van der Waals surface area contributed by atoms with Gasteiger partial charge in [0.05, 0.1) is 19.3 Å². The van der Waals surface area contributed by atoms with Crippen LogP contribution >= 0.6 is 0 Å². The molecule has 0 bridgehead atoms. The van der Waals surface area contributed by atoms with Crippen molar-refractivity contribution in [3.63, 3.8) is 0 Å². The molecule has 0 atom stereocenters. The molecule has 1 amide bonds. The van der Waals surface area contributed by atoms with Gasteiger partial charge >= 0.3 is 0 Å². The number of aromatic nitrogens is 2. The maximum Gasteiger partial charge on any atom is 0.223 e. The fourth-order valence-corrected chi connectivity index (χ4v) is 4.37. The van der Waals surface area contributed by atoms with Gasteiger partial charge in [-0.15, -0.1) is 10.2 Å². The summed E-state index contributed by atoms with van der Waals surface area (Å²) in [5.74, 6) is 2.56. The molecule has 1 aliphatic heterocycles. The normalized spacial score (nSPS) is 14.0. The molecule has 4 rings (SSSR count). The van der Waals surface area contributed by atoms with Crippen molar-refractivity contribution in [2.75, 3.05) is 38.3 Å². The van der Waals surface area contributed by atoms with Gasteiger partial charge in [0, 0.05) is 24.6 Å². The lowest BCUT2D eigenvalue weighted by atomic mass is 9.96. The molecular weight excluding hydrogens is 428 g/mol. The molecule has 1 aliphatic rings. The summed E-state index contributed by atoms with van der Waals surface area (Å²) in [5, 5.41) is 11.9. The van der Waals surface area contributed by atoms with E-state index in [1.54, 1.807) is 7.11 Å². The summed E-state index contributed by atoms with van der Waals surface area (Å²) in [6.45, 7) is 6.62. The van der Waals surface area contributed by atoms with E-state index in [-0.39, 0.29) is 11.8 Å². The Hall–Kier alpha value is -3.61. The molecule has 7 nitrogen and oxygen atoms in total. The minimum Gasteiger partial charge on any atom is -0.496 e. The smallest absolute Gasteiger partial charge is 0.223 e. The molecule has 0 radical (unpaired) electrons. The van der Waals surface area contributed by atoms with Crippen LogP contribution in [0.25, 0.3) is 11.3 Å². The third-order valence-electron chi connectivity index (χ3n) is 6.09. The van der Waals surface area contributed by atoms with E-state index in [4.69, 9.17) is 9.47 Å². The molecule has 1 fully saturated rings. The Labute approximate surface area is 201 Å². The summed E-state index contributed by atoms with van der Waals surface area (Å²) in [6, 6.07) is 17.9. The van der Waals surface area contributed by atoms with Crippen molar-refractivity contribution in [3.8, 4) is 22.8 Å². The largest absolute Gasteiger partial charge is 0.496 e. The number of piperidine rings is 1. The van der Waals surface area contributed by atoms with E-state index in [2.05, 4.69) is 26.5 Å². The van der Waals surface area contributed by atoms with Gasteiger partial charge in [0.15, 0.2) is 5.82 Å². The molecule has 0 spiro atoms. The maximum atomic E-state index is 12.6. The summed E-state index contributed by atoms with van der Waals surface area (Å²) >= 11 is 0. The van der Waals surface area contributed by atoms with Crippen LogP contribution in [0.3, 0.4) is 0 Å². The number of benzene rings is 2. The van der Waals surface area contributed by atoms with Crippen LogP contribution in [-0.4, -0.2) is 49.5 Å². The first-order valence-electron chi connectivity index (χ1n) is 11.7. The summed E-state index contributed by atoms with van der Waals surface area (Å²) in [4.78, 5) is 14.8. The lowest BCUT2D eigenvalue weighted by molar-refractivity contribution is -0.125. The molecule has 1 saturated heterocycles. The van der Waals surface area contributed by atoms with Crippen LogP contribution in [-0.2, 0) is 4.79 Å². The Bertz CT molecular complexity index is 1090. The molecule has 34 heavy (non-hydrogen) atoms. The van der Waals surface area contributed by atoms with Crippen molar-refractivity contribution < 1.29 is 14.3 Å². The van der Waals surface area contributed by atoms with Gasteiger partial charge in [-0.2, -0.15) is 0 Å². The van der Waals surface area contributed by atoms with Gasteiger partial charge in [-0.05, 0) is 74.2 Å². The van der Waals surface area contributed by atoms with E-state index in [0.29, 0.717) is 13.2 Å². The molecule has 0 aliphatic carbocycles. The number of nitrogens with one attached hydrogen (secondary N) is 1. The highest BCUT2D eigenvalue weighted by Gasteiger charge is 2.25. The van der Waals surface area contributed by atoms with E-state index in [0.717, 1.165) is 54.5 Å². The predicted octanol–water partition coefficient (Wildman–Crippen LogP) is 4.18. The average molecular weight is 461 g/mol. The minimum absolute atomic E-state index is 0.0123. The van der Waals surface area contributed by atoms with Crippen LogP contribution in [0, 0.1) is 19.8 Å². The van der Waals surface area contributed by atoms with Crippen LogP contribution in [0.1, 0.15) is 24.0 Å². The van der Waals surface area contributed by atoms with Crippen molar-refractivity contribution in [3.05, 3.63) is 65.7 Å². The number of para-hydroxylation sites is 1. The first-order valence-corrected chi connectivity index (χ1v) is 11.7. The van der Waals surface area contributed by atoms with Crippen LogP contribution in [0.15, 0.2) is 54.6 Å². The Balaban J connectivity index is 1.23. The Morgan fingerprint density at radius 2 is 1.76 bits per heavy atom. The van der Waals surface area contributed by atoms with Gasteiger partial charge in [0.2, 0.25) is 5.91 Å². The highest BCUT2D eigenvalue weighted by Crippen LogP contribution is 2.29. The number of aryl methyl sites for hydroxylation is 2. The van der Waals surface area contributed by atoms with E-state index in [1.165, 1.54) is 11.1 Å². The zero-order valence-corrected chi connectivity index (χ0v) is 20.1. The van der Waals surface area contributed by atoms with E-state index in [1.807, 2.05) is 62.4 Å². The van der Waals surface area contributed by atoms with Crippen LogP contribution < -0.4 is 19.7 Å². The molecule has 178 valence electrons. The van der Waals surface area contributed by atoms with Gasteiger partial charge in [0.25, 0.3) is 0 Å². The highest BCUT2D eigenvalue weighted by atomic mass is 16.5. The first-order chi connectivity index (χ1) is 16.5. The van der Waals surface area contributed by atoms with Gasteiger partial charge in [-0.3, -0.25) is 4.79 Å². The second-order valence-electron chi connectivity index (χ2n) is 8.70. The number of anilines is 1. The van der Waals surface area contributed by atoms with Crippen LogP contribution in [0.5, 0.6) is 11.5 Å². The standard InChI is InChI=1S/C27H32N4O3/c1-19-16-20(2)18-22(17-19)34-15-12-28-27(32)21-10-13-31(14-11-21)26-9-8-24(29-30-26)23-6-4-5-7-25(23)33-3/h4-9,16-18,21H,10-15H2,1-3H3,(H,28,32). The first kappa shape index (κ1) is 23.5.